The molecule has 0 aliphatic heterocycles. The number of ether oxygens (including phenoxy) is 1. The molecule has 1 saturated carbocycles. The number of rotatable bonds is 3. The molecule has 1 aliphatic carbocycles. The van der Waals surface area contributed by atoms with Crippen molar-refractivity contribution in [1.29, 1.82) is 0 Å². The Bertz CT molecular complexity index is 709. The summed E-state index contributed by atoms with van der Waals surface area (Å²) in [6, 6.07) is 3.76. The Balaban J connectivity index is 2.32. The van der Waals surface area contributed by atoms with Crippen LogP contribution in [0.15, 0.2) is 24.4 Å². The third-order valence-corrected chi connectivity index (χ3v) is 3.94. The minimum atomic E-state index is -0.300. The zero-order valence-electron chi connectivity index (χ0n) is 12.0. The first kappa shape index (κ1) is 12.9. The highest BCUT2D eigenvalue weighted by Crippen LogP contribution is 2.43. The van der Waals surface area contributed by atoms with Gasteiger partial charge in [0, 0.05) is 6.20 Å². The van der Waals surface area contributed by atoms with Crippen molar-refractivity contribution in [2.45, 2.75) is 26.7 Å². The van der Waals surface area contributed by atoms with Crippen molar-refractivity contribution in [2.24, 2.45) is 5.92 Å². The van der Waals surface area contributed by atoms with Crippen LogP contribution in [0, 0.1) is 12.8 Å². The maximum atomic E-state index is 12.1. The van der Waals surface area contributed by atoms with E-state index in [1.54, 1.807) is 6.20 Å². The van der Waals surface area contributed by atoms with Crippen molar-refractivity contribution in [3.8, 4) is 0 Å². The molecular formula is C16H18N2O2. The molecule has 20 heavy (non-hydrogen) atoms. The summed E-state index contributed by atoms with van der Waals surface area (Å²) < 4.78 is 6.80. The van der Waals surface area contributed by atoms with Crippen LogP contribution in [0.25, 0.3) is 11.1 Å². The third-order valence-electron chi connectivity index (χ3n) is 3.94. The van der Waals surface area contributed by atoms with Gasteiger partial charge in [0.05, 0.1) is 23.9 Å². The lowest BCUT2D eigenvalue weighted by atomic mass is 10.0. The second-order valence-corrected chi connectivity index (χ2v) is 5.18. The molecule has 1 fully saturated rings. The molecule has 2 aromatic heterocycles. The van der Waals surface area contributed by atoms with Gasteiger partial charge in [-0.3, -0.25) is 0 Å². The largest absolute Gasteiger partial charge is 0.465 e. The Morgan fingerprint density at radius 2 is 2.25 bits per heavy atom. The van der Waals surface area contributed by atoms with Gasteiger partial charge in [-0.1, -0.05) is 6.08 Å². The molecule has 2 aromatic rings. The van der Waals surface area contributed by atoms with Gasteiger partial charge in [0.15, 0.2) is 0 Å². The first-order valence-corrected chi connectivity index (χ1v) is 6.90. The molecule has 0 unspecified atom stereocenters. The number of carbonyl (C=O) groups is 1. The number of hydrogen-bond acceptors (Lipinski definition) is 3. The summed E-state index contributed by atoms with van der Waals surface area (Å²) in [5.74, 6) is 0.301. The highest BCUT2D eigenvalue weighted by Gasteiger charge is 2.31. The van der Waals surface area contributed by atoms with Gasteiger partial charge in [-0.05, 0) is 55.9 Å². The summed E-state index contributed by atoms with van der Waals surface area (Å²) in [5, 5.41) is 4.43. The van der Waals surface area contributed by atoms with Crippen LogP contribution < -0.4 is 0 Å². The minimum Gasteiger partial charge on any atom is -0.465 e. The molecule has 0 aromatic carbocycles. The van der Waals surface area contributed by atoms with Crippen molar-refractivity contribution in [3.63, 3.8) is 0 Å². The quantitative estimate of drug-likeness (QED) is 0.804. The van der Waals surface area contributed by atoms with Crippen molar-refractivity contribution in [3.05, 3.63) is 41.2 Å². The molecule has 4 nitrogen and oxygen atoms in total. The first-order valence-electron chi connectivity index (χ1n) is 6.90. The van der Waals surface area contributed by atoms with E-state index in [4.69, 9.17) is 4.74 Å². The van der Waals surface area contributed by atoms with Gasteiger partial charge >= 0.3 is 5.97 Å². The summed E-state index contributed by atoms with van der Waals surface area (Å²) in [4.78, 5) is 12.1. The molecule has 0 atom stereocenters. The summed E-state index contributed by atoms with van der Waals surface area (Å²) >= 11 is 0. The van der Waals surface area contributed by atoms with Crippen LogP contribution in [-0.2, 0) is 4.74 Å². The minimum absolute atomic E-state index is 0.300. The van der Waals surface area contributed by atoms with Gasteiger partial charge in [0.1, 0.15) is 0 Å². The highest BCUT2D eigenvalue weighted by molar-refractivity contribution is 6.01. The van der Waals surface area contributed by atoms with Crippen LogP contribution in [0.1, 0.15) is 41.4 Å². The fourth-order valence-corrected chi connectivity index (χ4v) is 2.87. The summed E-state index contributed by atoms with van der Waals surface area (Å²) in [6.07, 6.45) is 6.32. The molecule has 0 N–H and O–H groups in total. The predicted octanol–water partition coefficient (Wildman–Crippen LogP) is 3.24. The van der Waals surface area contributed by atoms with E-state index in [1.807, 2.05) is 30.5 Å². The Morgan fingerprint density at radius 1 is 1.50 bits per heavy atom. The molecule has 2 heterocycles. The Kier molecular flexibility index (Phi) is 3.08. The third kappa shape index (κ3) is 1.83. The Hall–Kier alpha value is -2.10. The Morgan fingerprint density at radius 3 is 2.85 bits per heavy atom. The van der Waals surface area contributed by atoms with Gasteiger partial charge in [-0.2, -0.15) is 5.10 Å². The normalized spacial score (nSPS) is 15.7. The fourth-order valence-electron chi connectivity index (χ4n) is 2.87. The van der Waals surface area contributed by atoms with Crippen molar-refractivity contribution in [1.82, 2.24) is 9.61 Å². The monoisotopic (exact) mass is 270 g/mol. The summed E-state index contributed by atoms with van der Waals surface area (Å²) in [5.41, 5.74) is 4.72. The maximum absolute atomic E-state index is 12.1. The van der Waals surface area contributed by atoms with Gasteiger partial charge < -0.3 is 4.74 Å². The molecule has 4 heteroatoms. The van der Waals surface area contributed by atoms with Crippen LogP contribution >= 0.6 is 0 Å². The number of carbonyl (C=O) groups excluding carboxylic acids is 1. The smallest absolute Gasteiger partial charge is 0.340 e. The van der Waals surface area contributed by atoms with Gasteiger partial charge in [-0.15, -0.1) is 0 Å². The molecular weight excluding hydrogens is 252 g/mol. The number of allylic oxidation sites excluding steroid dienone is 2. The van der Waals surface area contributed by atoms with E-state index < -0.39 is 0 Å². The standard InChI is InChI=1S/C16H18N2O2/c1-4-12(11-7-8-11)15-10(2)14(16(19)20-3)13-6-5-9-17-18(13)15/h4-6,9,11H,7-8H2,1-3H3. The molecule has 0 bridgehead atoms. The molecule has 1 aliphatic rings. The summed E-state index contributed by atoms with van der Waals surface area (Å²) in [7, 11) is 1.42. The van der Waals surface area contributed by atoms with Gasteiger partial charge in [0.2, 0.25) is 0 Å². The number of hydrogen-bond donors (Lipinski definition) is 0. The molecule has 104 valence electrons. The number of nitrogens with zero attached hydrogens (tertiary/aromatic N) is 2. The van der Waals surface area contributed by atoms with Crippen molar-refractivity contribution < 1.29 is 9.53 Å². The topological polar surface area (TPSA) is 43.6 Å². The van der Waals surface area contributed by atoms with E-state index in [9.17, 15) is 4.79 Å². The van der Waals surface area contributed by atoms with E-state index in [-0.39, 0.29) is 5.97 Å². The lowest BCUT2D eigenvalue weighted by Crippen LogP contribution is -2.02. The SMILES string of the molecule is CC=C(c1c(C)c(C(=O)OC)c2cccnn12)C1CC1. The number of methoxy groups -OCH3 is 1. The highest BCUT2D eigenvalue weighted by atomic mass is 16.5. The number of fused-ring (bicyclic) bond motifs is 1. The molecule has 0 spiro atoms. The van der Waals surface area contributed by atoms with E-state index >= 15 is 0 Å². The average molecular weight is 270 g/mol. The second kappa shape index (κ2) is 4.78. The van der Waals surface area contributed by atoms with Crippen LogP contribution in [-0.4, -0.2) is 22.7 Å². The van der Waals surface area contributed by atoms with E-state index in [0.29, 0.717) is 11.5 Å². The Labute approximate surface area is 118 Å². The zero-order valence-corrected chi connectivity index (χ0v) is 12.0. The van der Waals surface area contributed by atoms with Crippen LogP contribution in [0.2, 0.25) is 0 Å². The van der Waals surface area contributed by atoms with Crippen molar-refractivity contribution >= 4 is 17.1 Å². The van der Waals surface area contributed by atoms with Crippen LogP contribution in [0.4, 0.5) is 0 Å². The van der Waals surface area contributed by atoms with Crippen LogP contribution in [0.5, 0.6) is 0 Å². The van der Waals surface area contributed by atoms with E-state index in [0.717, 1.165) is 16.8 Å². The fraction of sp³-hybridized carbons (Fsp3) is 0.375. The first-order chi connectivity index (χ1) is 9.69. The molecule has 0 saturated heterocycles. The zero-order chi connectivity index (χ0) is 14.3. The predicted molar refractivity (Wildman–Crippen MR) is 77.6 cm³/mol. The number of esters is 1. The van der Waals surface area contributed by atoms with Gasteiger partial charge in [0.25, 0.3) is 0 Å². The number of aromatic nitrogens is 2. The van der Waals surface area contributed by atoms with Gasteiger partial charge in [-0.25, -0.2) is 9.31 Å². The molecule has 3 rings (SSSR count). The average Bonchev–Trinajstić information content (AvgIpc) is 3.25. The second-order valence-electron chi connectivity index (χ2n) is 5.18. The van der Waals surface area contributed by atoms with Crippen molar-refractivity contribution in [2.75, 3.05) is 7.11 Å². The summed E-state index contributed by atoms with van der Waals surface area (Å²) in [6.45, 7) is 4.02. The molecule has 0 radical (unpaired) electrons. The van der Waals surface area contributed by atoms with Crippen LogP contribution in [0.3, 0.4) is 0 Å². The molecule has 0 amide bonds. The van der Waals surface area contributed by atoms with E-state index in [2.05, 4.69) is 11.2 Å². The maximum Gasteiger partial charge on any atom is 0.340 e. The lowest BCUT2D eigenvalue weighted by Gasteiger charge is -2.07. The lowest BCUT2D eigenvalue weighted by molar-refractivity contribution is 0.0602. The van der Waals surface area contributed by atoms with E-state index in [1.165, 1.54) is 25.5 Å².